The molecule has 1 rings (SSSR count). The Kier molecular flexibility index (Phi) is 2.97. The molecular formula is C8H9N3O4. The number of amides is 3. The molecule has 7 nitrogen and oxygen atoms in total. The number of nitrogens with one attached hydrogen (secondary N) is 2. The molecule has 0 aliphatic rings. The summed E-state index contributed by atoms with van der Waals surface area (Å²) in [6.07, 6.45) is 0. The lowest BCUT2D eigenvalue weighted by molar-refractivity contribution is 0.0937. The van der Waals surface area contributed by atoms with Gasteiger partial charge < -0.3 is 15.9 Å². The summed E-state index contributed by atoms with van der Waals surface area (Å²) in [5, 5.41) is 18.1. The van der Waals surface area contributed by atoms with Crippen molar-refractivity contribution >= 4 is 11.9 Å². The van der Waals surface area contributed by atoms with E-state index in [1.165, 1.54) is 6.07 Å². The normalized spacial score (nSPS) is 9.33. The van der Waals surface area contributed by atoms with E-state index in [4.69, 9.17) is 15.9 Å². The number of phenolic OH excluding ortho intramolecular Hbond substituents is 2. The highest BCUT2D eigenvalue weighted by molar-refractivity contribution is 5.95. The molecule has 1 aromatic carbocycles. The van der Waals surface area contributed by atoms with Crippen LogP contribution in [0.1, 0.15) is 10.4 Å². The molecule has 0 saturated carbocycles. The van der Waals surface area contributed by atoms with Crippen LogP contribution in [0.3, 0.4) is 0 Å². The predicted molar refractivity (Wildman–Crippen MR) is 50.0 cm³/mol. The second-order valence-corrected chi connectivity index (χ2v) is 2.65. The summed E-state index contributed by atoms with van der Waals surface area (Å²) >= 11 is 0. The van der Waals surface area contributed by atoms with E-state index < -0.39 is 17.7 Å². The molecule has 7 heteroatoms. The third kappa shape index (κ3) is 2.76. The van der Waals surface area contributed by atoms with Gasteiger partial charge in [0.15, 0.2) is 11.5 Å². The van der Waals surface area contributed by atoms with Crippen molar-refractivity contribution in [3.05, 3.63) is 23.8 Å². The first-order chi connectivity index (χ1) is 7.00. The summed E-state index contributed by atoms with van der Waals surface area (Å²) in [5.41, 5.74) is 8.65. The second-order valence-electron chi connectivity index (χ2n) is 2.65. The van der Waals surface area contributed by atoms with E-state index >= 15 is 0 Å². The fourth-order valence-corrected chi connectivity index (χ4v) is 0.855. The molecule has 0 spiro atoms. The zero-order chi connectivity index (χ0) is 11.4. The van der Waals surface area contributed by atoms with E-state index in [0.29, 0.717) is 0 Å². The maximum absolute atomic E-state index is 11.2. The zero-order valence-electron chi connectivity index (χ0n) is 7.52. The van der Waals surface area contributed by atoms with Crippen LogP contribution in [-0.2, 0) is 0 Å². The first kappa shape index (κ1) is 10.6. The van der Waals surface area contributed by atoms with Crippen LogP contribution in [0.4, 0.5) is 4.79 Å². The number of benzene rings is 1. The van der Waals surface area contributed by atoms with Gasteiger partial charge in [-0.3, -0.25) is 10.2 Å². The third-order valence-corrected chi connectivity index (χ3v) is 1.54. The van der Waals surface area contributed by atoms with Gasteiger partial charge in [0.1, 0.15) is 0 Å². The van der Waals surface area contributed by atoms with E-state index in [1.807, 2.05) is 10.9 Å². The first-order valence-corrected chi connectivity index (χ1v) is 3.88. The lowest BCUT2D eigenvalue weighted by Gasteiger charge is -2.05. The number of rotatable bonds is 1. The molecule has 0 aliphatic heterocycles. The lowest BCUT2D eigenvalue weighted by atomic mass is 10.2. The van der Waals surface area contributed by atoms with Crippen LogP contribution in [0.15, 0.2) is 18.2 Å². The van der Waals surface area contributed by atoms with Crippen LogP contribution in [0.5, 0.6) is 11.5 Å². The van der Waals surface area contributed by atoms with Gasteiger partial charge in [0.25, 0.3) is 5.91 Å². The van der Waals surface area contributed by atoms with Gasteiger partial charge in [-0.25, -0.2) is 10.2 Å². The quantitative estimate of drug-likeness (QED) is 0.314. The van der Waals surface area contributed by atoms with E-state index in [1.54, 1.807) is 0 Å². The molecule has 0 aromatic heterocycles. The average molecular weight is 211 g/mol. The minimum atomic E-state index is -0.911. The van der Waals surface area contributed by atoms with Gasteiger partial charge in [0.05, 0.1) is 0 Å². The Balaban J connectivity index is 2.74. The van der Waals surface area contributed by atoms with Gasteiger partial charge in [0, 0.05) is 5.56 Å². The number of hydrogen-bond donors (Lipinski definition) is 5. The minimum Gasteiger partial charge on any atom is -0.504 e. The number of hydrogen-bond acceptors (Lipinski definition) is 4. The SMILES string of the molecule is NC(=O)NNC(=O)c1ccc(O)c(O)c1. The van der Waals surface area contributed by atoms with Crippen molar-refractivity contribution in [1.82, 2.24) is 10.9 Å². The topological polar surface area (TPSA) is 125 Å². The summed E-state index contributed by atoms with van der Waals surface area (Å²) in [5.74, 6) is -1.43. The Labute approximate surface area is 84.5 Å². The molecule has 0 heterocycles. The third-order valence-electron chi connectivity index (χ3n) is 1.54. The average Bonchev–Trinajstić information content (AvgIpc) is 2.18. The molecule has 0 unspecified atom stereocenters. The molecule has 0 radical (unpaired) electrons. The standard InChI is InChI=1S/C8H9N3O4/c9-8(15)11-10-7(14)4-1-2-5(12)6(13)3-4/h1-3,12-13H,(H,10,14)(H3,9,11,15). The number of primary amides is 1. The maximum Gasteiger partial charge on any atom is 0.330 e. The van der Waals surface area contributed by atoms with Crippen LogP contribution < -0.4 is 16.6 Å². The molecule has 1 aromatic rings. The monoisotopic (exact) mass is 211 g/mol. The second kappa shape index (κ2) is 4.18. The van der Waals surface area contributed by atoms with Crippen molar-refractivity contribution in [1.29, 1.82) is 0 Å². The van der Waals surface area contributed by atoms with Gasteiger partial charge in [-0.05, 0) is 18.2 Å². The molecule has 0 atom stereocenters. The fraction of sp³-hybridized carbons (Fsp3) is 0. The van der Waals surface area contributed by atoms with Gasteiger partial charge in [-0.15, -0.1) is 0 Å². The van der Waals surface area contributed by atoms with E-state index in [2.05, 4.69) is 0 Å². The predicted octanol–water partition coefficient (Wildman–Crippen LogP) is -0.589. The summed E-state index contributed by atoms with van der Waals surface area (Å²) < 4.78 is 0. The van der Waals surface area contributed by atoms with E-state index in [-0.39, 0.29) is 11.3 Å². The van der Waals surface area contributed by atoms with Crippen molar-refractivity contribution in [3.8, 4) is 11.5 Å². The zero-order valence-corrected chi connectivity index (χ0v) is 7.52. The molecule has 0 saturated heterocycles. The summed E-state index contributed by atoms with van der Waals surface area (Å²) in [7, 11) is 0. The van der Waals surface area contributed by atoms with Crippen molar-refractivity contribution in [3.63, 3.8) is 0 Å². The number of urea groups is 1. The number of nitrogens with two attached hydrogens (primary N) is 1. The van der Waals surface area contributed by atoms with Gasteiger partial charge in [0.2, 0.25) is 0 Å². The number of carbonyl (C=O) groups excluding carboxylic acids is 2. The van der Waals surface area contributed by atoms with E-state index in [0.717, 1.165) is 12.1 Å². The van der Waals surface area contributed by atoms with Crippen LogP contribution >= 0.6 is 0 Å². The molecule has 15 heavy (non-hydrogen) atoms. The maximum atomic E-state index is 11.2. The number of carbonyl (C=O) groups is 2. The number of aromatic hydroxyl groups is 2. The molecule has 0 bridgehead atoms. The Morgan fingerprint density at radius 1 is 1.13 bits per heavy atom. The number of phenols is 2. The molecular weight excluding hydrogens is 202 g/mol. The summed E-state index contributed by atoms with van der Waals surface area (Å²) in [6, 6.07) is 2.56. The smallest absolute Gasteiger partial charge is 0.330 e. The molecule has 6 N–H and O–H groups in total. The molecule has 80 valence electrons. The highest BCUT2D eigenvalue weighted by Crippen LogP contribution is 2.24. The van der Waals surface area contributed by atoms with Crippen molar-refractivity contribution < 1.29 is 19.8 Å². The van der Waals surface area contributed by atoms with Gasteiger partial charge in [-0.2, -0.15) is 0 Å². The van der Waals surface area contributed by atoms with Crippen LogP contribution in [0, 0.1) is 0 Å². The van der Waals surface area contributed by atoms with Crippen LogP contribution in [0.25, 0.3) is 0 Å². The first-order valence-electron chi connectivity index (χ1n) is 3.88. The number of hydrazine groups is 1. The van der Waals surface area contributed by atoms with Gasteiger partial charge in [-0.1, -0.05) is 0 Å². The van der Waals surface area contributed by atoms with Crippen LogP contribution in [0.2, 0.25) is 0 Å². The molecule has 0 aliphatic carbocycles. The van der Waals surface area contributed by atoms with E-state index in [9.17, 15) is 9.59 Å². The highest BCUT2D eigenvalue weighted by Gasteiger charge is 2.08. The lowest BCUT2D eigenvalue weighted by Crippen LogP contribution is -2.44. The molecule has 0 fully saturated rings. The Bertz CT molecular complexity index is 405. The summed E-state index contributed by atoms with van der Waals surface area (Å²) in [6.45, 7) is 0. The summed E-state index contributed by atoms with van der Waals surface area (Å²) in [4.78, 5) is 21.5. The van der Waals surface area contributed by atoms with Crippen molar-refractivity contribution in [2.45, 2.75) is 0 Å². The largest absolute Gasteiger partial charge is 0.504 e. The van der Waals surface area contributed by atoms with Crippen molar-refractivity contribution in [2.75, 3.05) is 0 Å². The molecule has 3 amide bonds. The Morgan fingerprint density at radius 3 is 2.33 bits per heavy atom. The van der Waals surface area contributed by atoms with Crippen molar-refractivity contribution in [2.24, 2.45) is 5.73 Å². The fourth-order valence-electron chi connectivity index (χ4n) is 0.855. The Hall–Kier alpha value is -2.44. The highest BCUT2D eigenvalue weighted by atomic mass is 16.3. The van der Waals surface area contributed by atoms with Crippen LogP contribution in [-0.4, -0.2) is 22.2 Å². The Morgan fingerprint density at radius 2 is 1.80 bits per heavy atom. The minimum absolute atomic E-state index is 0.0686. The van der Waals surface area contributed by atoms with Gasteiger partial charge >= 0.3 is 6.03 Å².